The summed E-state index contributed by atoms with van der Waals surface area (Å²) in [6.45, 7) is 4.87. The Bertz CT molecular complexity index is 497. The molecule has 0 spiro atoms. The quantitative estimate of drug-likeness (QED) is 0.837. The third kappa shape index (κ3) is 4.18. The molecule has 1 unspecified atom stereocenters. The molecule has 0 bridgehead atoms. The van der Waals surface area contributed by atoms with Gasteiger partial charge in [-0.3, -0.25) is 4.79 Å². The van der Waals surface area contributed by atoms with E-state index in [1.54, 1.807) is 0 Å². The van der Waals surface area contributed by atoms with Crippen molar-refractivity contribution in [2.24, 2.45) is 0 Å². The highest BCUT2D eigenvalue weighted by Crippen LogP contribution is 2.18. The Hall–Kier alpha value is -1.66. The van der Waals surface area contributed by atoms with Crippen LogP contribution in [0, 0.1) is 0 Å². The van der Waals surface area contributed by atoms with Crippen LogP contribution in [0.3, 0.4) is 0 Å². The summed E-state index contributed by atoms with van der Waals surface area (Å²) in [6.07, 6.45) is 4.76. The highest BCUT2D eigenvalue weighted by molar-refractivity contribution is 5.76. The summed E-state index contributed by atoms with van der Waals surface area (Å²) < 4.78 is 5.36. The first-order valence-corrected chi connectivity index (χ1v) is 8.09. The molecule has 1 aromatic heterocycles. The predicted molar refractivity (Wildman–Crippen MR) is 84.8 cm³/mol. The maximum absolute atomic E-state index is 12.0. The first kappa shape index (κ1) is 15.2. The number of amides is 1. The van der Waals surface area contributed by atoms with Crippen molar-refractivity contribution in [1.29, 1.82) is 0 Å². The second kappa shape index (κ2) is 7.56. The molecule has 2 aliphatic heterocycles. The Morgan fingerprint density at radius 3 is 3.09 bits per heavy atom. The maximum Gasteiger partial charge on any atom is 0.221 e. The van der Waals surface area contributed by atoms with Crippen molar-refractivity contribution in [3.05, 3.63) is 23.9 Å². The second-order valence-corrected chi connectivity index (χ2v) is 5.92. The molecule has 6 heteroatoms. The van der Waals surface area contributed by atoms with Crippen LogP contribution in [0.5, 0.6) is 0 Å². The number of ether oxygens (including phenoxy) is 1. The highest BCUT2D eigenvalue weighted by Gasteiger charge is 2.17. The van der Waals surface area contributed by atoms with Gasteiger partial charge >= 0.3 is 0 Å². The highest BCUT2D eigenvalue weighted by atomic mass is 16.5. The molecule has 2 N–H and O–H groups in total. The number of pyridine rings is 1. The number of aromatic nitrogens is 1. The van der Waals surface area contributed by atoms with Gasteiger partial charge < -0.3 is 20.3 Å². The standard InChI is InChI=1S/C16H24N4O2/c21-16(10-14-12-22-8-5-17-14)19-11-13-3-4-18-15(9-13)20-6-1-2-7-20/h3-4,9,14,17H,1-2,5-8,10-12H2,(H,19,21). The molecule has 120 valence electrons. The van der Waals surface area contributed by atoms with E-state index in [0.717, 1.165) is 37.6 Å². The SMILES string of the molecule is O=C(CC1COCCN1)NCc1ccnc(N2CCCC2)c1. The van der Waals surface area contributed by atoms with Crippen LogP contribution < -0.4 is 15.5 Å². The first-order valence-electron chi connectivity index (χ1n) is 8.09. The van der Waals surface area contributed by atoms with Crippen LogP contribution in [0.2, 0.25) is 0 Å². The molecular weight excluding hydrogens is 280 g/mol. The molecule has 2 fully saturated rings. The van der Waals surface area contributed by atoms with Gasteiger partial charge in [0.05, 0.1) is 13.2 Å². The minimum Gasteiger partial charge on any atom is -0.378 e. The molecule has 1 aromatic rings. The van der Waals surface area contributed by atoms with Gasteiger partial charge in [0.2, 0.25) is 5.91 Å². The summed E-state index contributed by atoms with van der Waals surface area (Å²) in [4.78, 5) is 18.7. The maximum atomic E-state index is 12.0. The van der Waals surface area contributed by atoms with Crippen LogP contribution in [-0.2, 0) is 16.1 Å². The van der Waals surface area contributed by atoms with Crippen LogP contribution in [0.25, 0.3) is 0 Å². The van der Waals surface area contributed by atoms with Crippen LogP contribution >= 0.6 is 0 Å². The van der Waals surface area contributed by atoms with Crippen LogP contribution in [-0.4, -0.2) is 49.8 Å². The third-order valence-electron chi connectivity index (χ3n) is 4.16. The van der Waals surface area contributed by atoms with Crippen molar-refractivity contribution in [3.63, 3.8) is 0 Å². The number of hydrogen-bond acceptors (Lipinski definition) is 5. The van der Waals surface area contributed by atoms with Gasteiger partial charge in [-0.25, -0.2) is 4.98 Å². The number of hydrogen-bond donors (Lipinski definition) is 2. The van der Waals surface area contributed by atoms with Crippen molar-refractivity contribution in [3.8, 4) is 0 Å². The summed E-state index contributed by atoms with van der Waals surface area (Å²) in [5.41, 5.74) is 1.10. The van der Waals surface area contributed by atoms with Gasteiger partial charge in [-0.05, 0) is 30.5 Å². The Balaban J connectivity index is 1.48. The zero-order valence-electron chi connectivity index (χ0n) is 12.9. The molecular formula is C16H24N4O2. The molecule has 3 heterocycles. The number of morpholine rings is 1. The lowest BCUT2D eigenvalue weighted by atomic mass is 10.2. The summed E-state index contributed by atoms with van der Waals surface area (Å²) in [5.74, 6) is 1.08. The minimum atomic E-state index is 0.0579. The fourth-order valence-electron chi connectivity index (χ4n) is 2.94. The van der Waals surface area contributed by atoms with E-state index >= 15 is 0 Å². The molecule has 3 rings (SSSR count). The molecule has 0 saturated carbocycles. The topological polar surface area (TPSA) is 66.5 Å². The van der Waals surface area contributed by atoms with E-state index < -0.39 is 0 Å². The van der Waals surface area contributed by atoms with Crippen molar-refractivity contribution < 1.29 is 9.53 Å². The average molecular weight is 304 g/mol. The Kier molecular flexibility index (Phi) is 5.24. The van der Waals surface area contributed by atoms with Gasteiger partial charge in [-0.2, -0.15) is 0 Å². The lowest BCUT2D eigenvalue weighted by Crippen LogP contribution is -2.44. The summed E-state index contributed by atoms with van der Waals surface area (Å²) in [6, 6.07) is 4.17. The summed E-state index contributed by atoms with van der Waals surface area (Å²) in [5, 5.41) is 6.28. The van der Waals surface area contributed by atoms with Crippen molar-refractivity contribution >= 4 is 11.7 Å². The minimum absolute atomic E-state index is 0.0579. The summed E-state index contributed by atoms with van der Waals surface area (Å²) in [7, 11) is 0. The van der Waals surface area contributed by atoms with E-state index in [9.17, 15) is 4.79 Å². The molecule has 1 atom stereocenters. The van der Waals surface area contributed by atoms with E-state index in [-0.39, 0.29) is 11.9 Å². The predicted octanol–water partition coefficient (Wildman–Crippen LogP) is 0.677. The Labute approximate surface area is 131 Å². The number of carbonyl (C=O) groups is 1. The summed E-state index contributed by atoms with van der Waals surface area (Å²) >= 11 is 0. The van der Waals surface area contributed by atoms with Gasteiger partial charge in [0.1, 0.15) is 5.82 Å². The number of nitrogens with zero attached hydrogens (tertiary/aromatic N) is 2. The molecule has 6 nitrogen and oxygen atoms in total. The van der Waals surface area contributed by atoms with Crippen LogP contribution in [0.15, 0.2) is 18.3 Å². The largest absolute Gasteiger partial charge is 0.378 e. The molecule has 2 aliphatic rings. The van der Waals surface area contributed by atoms with Gasteiger partial charge in [0.25, 0.3) is 0 Å². The van der Waals surface area contributed by atoms with E-state index in [1.807, 2.05) is 12.3 Å². The number of rotatable bonds is 5. The fraction of sp³-hybridized carbons (Fsp3) is 0.625. The average Bonchev–Trinajstić information content (AvgIpc) is 3.09. The fourth-order valence-corrected chi connectivity index (χ4v) is 2.94. The number of anilines is 1. The van der Waals surface area contributed by atoms with Gasteiger partial charge in [0.15, 0.2) is 0 Å². The second-order valence-electron chi connectivity index (χ2n) is 5.92. The van der Waals surface area contributed by atoms with Gasteiger partial charge in [0, 0.05) is 44.8 Å². The third-order valence-corrected chi connectivity index (χ3v) is 4.16. The molecule has 0 radical (unpaired) electrons. The van der Waals surface area contributed by atoms with E-state index in [2.05, 4.69) is 26.6 Å². The lowest BCUT2D eigenvalue weighted by molar-refractivity contribution is -0.122. The molecule has 0 aromatic carbocycles. The smallest absolute Gasteiger partial charge is 0.221 e. The zero-order valence-corrected chi connectivity index (χ0v) is 12.9. The Morgan fingerprint density at radius 1 is 1.45 bits per heavy atom. The normalized spacial score (nSPS) is 21.8. The van der Waals surface area contributed by atoms with Crippen LogP contribution in [0.1, 0.15) is 24.8 Å². The van der Waals surface area contributed by atoms with Gasteiger partial charge in [-0.1, -0.05) is 0 Å². The van der Waals surface area contributed by atoms with Crippen molar-refractivity contribution in [1.82, 2.24) is 15.6 Å². The molecule has 2 saturated heterocycles. The zero-order chi connectivity index (χ0) is 15.2. The molecule has 0 aliphatic carbocycles. The monoisotopic (exact) mass is 304 g/mol. The van der Waals surface area contributed by atoms with E-state index in [0.29, 0.717) is 19.6 Å². The molecule has 22 heavy (non-hydrogen) atoms. The van der Waals surface area contributed by atoms with Crippen LogP contribution in [0.4, 0.5) is 5.82 Å². The molecule has 1 amide bonds. The van der Waals surface area contributed by atoms with E-state index in [1.165, 1.54) is 12.8 Å². The van der Waals surface area contributed by atoms with Crippen molar-refractivity contribution in [2.45, 2.75) is 31.8 Å². The number of nitrogens with one attached hydrogen (secondary N) is 2. The first-order chi connectivity index (χ1) is 10.8. The van der Waals surface area contributed by atoms with E-state index in [4.69, 9.17) is 4.74 Å². The Morgan fingerprint density at radius 2 is 2.32 bits per heavy atom. The number of carbonyl (C=O) groups excluding carboxylic acids is 1. The van der Waals surface area contributed by atoms with Crippen molar-refractivity contribution in [2.75, 3.05) is 37.7 Å². The van der Waals surface area contributed by atoms with Gasteiger partial charge in [-0.15, -0.1) is 0 Å². The lowest BCUT2D eigenvalue weighted by Gasteiger charge is -2.23.